The summed E-state index contributed by atoms with van der Waals surface area (Å²) < 4.78 is 0. The first-order valence-electron chi connectivity index (χ1n) is 7.99. The number of amides is 1. The first-order chi connectivity index (χ1) is 11.0. The van der Waals surface area contributed by atoms with Gasteiger partial charge in [-0.3, -0.25) is 9.59 Å². The van der Waals surface area contributed by atoms with E-state index in [0.717, 1.165) is 43.9 Å². The monoisotopic (exact) mass is 357 g/mol. The van der Waals surface area contributed by atoms with Crippen molar-refractivity contribution >= 4 is 39.9 Å². The maximum Gasteiger partial charge on any atom is 0.306 e. The van der Waals surface area contributed by atoms with Crippen molar-refractivity contribution in [1.29, 1.82) is 0 Å². The first-order valence-corrected chi connectivity index (χ1v) is 9.19. The summed E-state index contributed by atoms with van der Waals surface area (Å²) in [5.41, 5.74) is 0. The molecule has 1 saturated carbocycles. The van der Waals surface area contributed by atoms with Gasteiger partial charge in [0.2, 0.25) is 0 Å². The molecule has 1 aromatic rings. The molecule has 2 fully saturated rings. The van der Waals surface area contributed by atoms with Gasteiger partial charge >= 0.3 is 5.97 Å². The van der Waals surface area contributed by atoms with Crippen molar-refractivity contribution in [2.24, 2.45) is 5.92 Å². The lowest BCUT2D eigenvalue weighted by Gasteiger charge is -2.27. The van der Waals surface area contributed by atoms with Gasteiger partial charge < -0.3 is 15.3 Å². The number of aliphatic carboxylic acids is 1. The summed E-state index contributed by atoms with van der Waals surface area (Å²) in [4.78, 5) is 30.4. The number of nitrogens with one attached hydrogen (secondary N) is 1. The highest BCUT2D eigenvalue weighted by Crippen LogP contribution is 2.32. The highest BCUT2D eigenvalue weighted by molar-refractivity contribution is 7.18. The van der Waals surface area contributed by atoms with Gasteiger partial charge in [-0.25, -0.2) is 4.98 Å². The Labute approximate surface area is 143 Å². The van der Waals surface area contributed by atoms with Crippen LogP contribution in [0, 0.1) is 5.92 Å². The molecule has 8 heteroatoms. The van der Waals surface area contributed by atoms with Gasteiger partial charge in [-0.1, -0.05) is 29.4 Å². The summed E-state index contributed by atoms with van der Waals surface area (Å²) in [6.07, 6.45) is 5.07. The molecule has 0 bridgehead atoms. The van der Waals surface area contributed by atoms with E-state index in [-0.39, 0.29) is 23.0 Å². The fourth-order valence-electron chi connectivity index (χ4n) is 3.27. The number of halogens is 1. The van der Waals surface area contributed by atoms with Crippen LogP contribution in [0.3, 0.4) is 0 Å². The fraction of sp³-hybridized carbons (Fsp3) is 0.667. The van der Waals surface area contributed by atoms with Gasteiger partial charge in [0.05, 0.1) is 5.92 Å². The molecule has 126 valence electrons. The van der Waals surface area contributed by atoms with Crippen molar-refractivity contribution in [2.75, 3.05) is 18.0 Å². The average Bonchev–Trinajstić information content (AvgIpc) is 3.16. The van der Waals surface area contributed by atoms with E-state index in [1.54, 1.807) is 0 Å². The normalized spacial score (nSPS) is 24.7. The fourth-order valence-corrected chi connectivity index (χ4v) is 4.52. The van der Waals surface area contributed by atoms with Crippen molar-refractivity contribution in [3.63, 3.8) is 0 Å². The zero-order valence-electron chi connectivity index (χ0n) is 12.8. The van der Waals surface area contributed by atoms with E-state index < -0.39 is 5.97 Å². The molecule has 1 aliphatic carbocycles. The van der Waals surface area contributed by atoms with Crippen LogP contribution in [0.25, 0.3) is 0 Å². The third kappa shape index (κ3) is 3.77. The SMILES string of the molecule is O=C(NC1CCCC(C(=O)O)C1)c1sc(N2CCCC2)nc1Cl. The Bertz CT molecular complexity index is 601. The molecule has 2 N–H and O–H groups in total. The number of carbonyl (C=O) groups excluding carboxylic acids is 1. The number of carbonyl (C=O) groups is 2. The summed E-state index contributed by atoms with van der Waals surface area (Å²) >= 11 is 7.45. The van der Waals surface area contributed by atoms with Crippen molar-refractivity contribution in [3.8, 4) is 0 Å². The number of hydrogen-bond acceptors (Lipinski definition) is 5. The quantitative estimate of drug-likeness (QED) is 0.865. The number of anilines is 1. The molecule has 0 radical (unpaired) electrons. The topological polar surface area (TPSA) is 82.5 Å². The molecule has 1 saturated heterocycles. The van der Waals surface area contributed by atoms with Crippen LogP contribution in [0.5, 0.6) is 0 Å². The smallest absolute Gasteiger partial charge is 0.306 e. The van der Waals surface area contributed by atoms with Crippen molar-refractivity contribution in [1.82, 2.24) is 10.3 Å². The minimum atomic E-state index is -0.781. The zero-order valence-corrected chi connectivity index (χ0v) is 14.3. The maximum atomic E-state index is 12.4. The van der Waals surface area contributed by atoms with Crippen LogP contribution in [0.15, 0.2) is 0 Å². The van der Waals surface area contributed by atoms with Gasteiger partial charge in [-0.05, 0) is 32.1 Å². The van der Waals surface area contributed by atoms with Crippen molar-refractivity contribution < 1.29 is 14.7 Å². The minimum absolute atomic E-state index is 0.106. The molecule has 6 nitrogen and oxygen atoms in total. The molecular weight excluding hydrogens is 338 g/mol. The predicted octanol–water partition coefficient (Wildman–Crippen LogP) is 2.77. The second-order valence-corrected chi connectivity index (χ2v) is 7.52. The largest absolute Gasteiger partial charge is 0.481 e. The summed E-state index contributed by atoms with van der Waals surface area (Å²) in [6.45, 7) is 1.90. The number of nitrogens with zero attached hydrogens (tertiary/aromatic N) is 2. The highest BCUT2D eigenvalue weighted by Gasteiger charge is 2.29. The average molecular weight is 358 g/mol. The standard InChI is InChI=1S/C15H20ClN3O3S/c16-12-11(23-15(18-12)19-6-1-2-7-19)13(20)17-10-5-3-4-9(8-10)14(21)22/h9-10H,1-8H2,(H,17,20)(H,21,22). The van der Waals surface area contributed by atoms with E-state index in [2.05, 4.69) is 15.2 Å². The lowest BCUT2D eigenvalue weighted by Crippen LogP contribution is -2.39. The van der Waals surface area contributed by atoms with E-state index in [1.165, 1.54) is 11.3 Å². The van der Waals surface area contributed by atoms with Crippen LogP contribution in [0.2, 0.25) is 5.15 Å². The second kappa shape index (κ2) is 7.05. The van der Waals surface area contributed by atoms with Crippen LogP contribution in [0.1, 0.15) is 48.2 Å². The van der Waals surface area contributed by atoms with Crippen LogP contribution in [0.4, 0.5) is 5.13 Å². The molecule has 2 unspecified atom stereocenters. The number of carboxylic acid groups (broad SMARTS) is 1. The minimum Gasteiger partial charge on any atom is -0.481 e. The van der Waals surface area contributed by atoms with Gasteiger partial charge in [0.25, 0.3) is 5.91 Å². The van der Waals surface area contributed by atoms with E-state index in [9.17, 15) is 9.59 Å². The first kappa shape index (κ1) is 16.5. The van der Waals surface area contributed by atoms with Crippen LogP contribution < -0.4 is 10.2 Å². The number of carboxylic acids is 1. The number of aromatic nitrogens is 1. The summed E-state index contributed by atoms with van der Waals surface area (Å²) in [5, 5.41) is 13.1. The summed E-state index contributed by atoms with van der Waals surface area (Å²) in [6, 6.07) is -0.106. The Morgan fingerprint density at radius 2 is 2.00 bits per heavy atom. The second-order valence-electron chi connectivity index (χ2n) is 6.18. The van der Waals surface area contributed by atoms with E-state index in [0.29, 0.717) is 17.7 Å². The summed E-state index contributed by atoms with van der Waals surface area (Å²) in [5.74, 6) is -1.39. The molecule has 23 heavy (non-hydrogen) atoms. The third-order valence-electron chi connectivity index (χ3n) is 4.52. The van der Waals surface area contributed by atoms with Crippen molar-refractivity contribution in [2.45, 2.75) is 44.6 Å². The lowest BCUT2D eigenvalue weighted by atomic mass is 9.86. The molecule has 3 rings (SSSR count). The molecule has 1 aromatic heterocycles. The Kier molecular flexibility index (Phi) is 5.06. The molecule has 2 atom stereocenters. The molecule has 0 aromatic carbocycles. The van der Waals surface area contributed by atoms with Gasteiger partial charge in [-0.2, -0.15) is 0 Å². The maximum absolute atomic E-state index is 12.4. The molecule has 0 spiro atoms. The van der Waals surface area contributed by atoms with E-state index in [1.807, 2.05) is 0 Å². The number of rotatable bonds is 4. The number of hydrogen-bond donors (Lipinski definition) is 2. The van der Waals surface area contributed by atoms with Crippen LogP contribution in [-0.4, -0.2) is 41.1 Å². The molecule has 2 heterocycles. The molecule has 1 amide bonds. The predicted molar refractivity (Wildman–Crippen MR) is 89.4 cm³/mol. The Balaban J connectivity index is 1.65. The van der Waals surface area contributed by atoms with E-state index in [4.69, 9.17) is 16.7 Å². The zero-order chi connectivity index (χ0) is 16.4. The van der Waals surface area contributed by atoms with Crippen LogP contribution in [-0.2, 0) is 4.79 Å². The Hall–Kier alpha value is -1.34. The Morgan fingerprint density at radius 3 is 2.70 bits per heavy atom. The van der Waals surface area contributed by atoms with E-state index >= 15 is 0 Å². The van der Waals surface area contributed by atoms with Gasteiger partial charge in [0.15, 0.2) is 10.3 Å². The van der Waals surface area contributed by atoms with Gasteiger partial charge in [0, 0.05) is 19.1 Å². The number of thiazole rings is 1. The molecule has 2 aliphatic rings. The molecule has 1 aliphatic heterocycles. The van der Waals surface area contributed by atoms with Crippen molar-refractivity contribution in [3.05, 3.63) is 10.0 Å². The third-order valence-corrected chi connectivity index (χ3v) is 6.02. The van der Waals surface area contributed by atoms with Gasteiger partial charge in [0.1, 0.15) is 4.88 Å². The molecular formula is C15H20ClN3O3S. The Morgan fingerprint density at radius 1 is 1.26 bits per heavy atom. The lowest BCUT2D eigenvalue weighted by molar-refractivity contribution is -0.143. The highest BCUT2D eigenvalue weighted by atomic mass is 35.5. The summed E-state index contributed by atoms with van der Waals surface area (Å²) in [7, 11) is 0. The van der Waals surface area contributed by atoms with Gasteiger partial charge in [-0.15, -0.1) is 0 Å². The van der Waals surface area contributed by atoms with Crippen LogP contribution >= 0.6 is 22.9 Å².